The zero-order chi connectivity index (χ0) is 21.0. The first kappa shape index (κ1) is 21.1. The number of ether oxygens (including phenoxy) is 1. The van der Waals surface area contributed by atoms with E-state index in [0.29, 0.717) is 28.9 Å². The molecule has 2 aromatic carbocycles. The van der Waals surface area contributed by atoms with Crippen LogP contribution in [0, 0.1) is 6.92 Å². The highest BCUT2D eigenvalue weighted by Crippen LogP contribution is 2.32. The SMILES string of the molecule is CC(=O)CCCc1cccc(-c2noc(-c3ccc(OC(C)C)c(Cl)c3)n2)c1C. The number of carbonyl (C=O) groups is 1. The minimum absolute atomic E-state index is 0.0408. The van der Waals surface area contributed by atoms with Gasteiger partial charge in [-0.15, -0.1) is 0 Å². The molecule has 5 nitrogen and oxygen atoms in total. The topological polar surface area (TPSA) is 65.2 Å². The van der Waals surface area contributed by atoms with E-state index in [1.807, 2.05) is 45.0 Å². The van der Waals surface area contributed by atoms with Crippen LogP contribution < -0.4 is 4.74 Å². The summed E-state index contributed by atoms with van der Waals surface area (Å²) in [6, 6.07) is 11.5. The molecule has 0 bridgehead atoms. The van der Waals surface area contributed by atoms with Gasteiger partial charge in [-0.2, -0.15) is 4.98 Å². The van der Waals surface area contributed by atoms with E-state index in [-0.39, 0.29) is 11.9 Å². The van der Waals surface area contributed by atoms with Crippen LogP contribution in [0.15, 0.2) is 40.9 Å². The number of nitrogens with zero attached hydrogens (tertiary/aromatic N) is 2. The molecule has 0 spiro atoms. The summed E-state index contributed by atoms with van der Waals surface area (Å²) in [7, 11) is 0. The van der Waals surface area contributed by atoms with Crippen molar-refractivity contribution in [3.05, 3.63) is 52.5 Å². The number of rotatable bonds is 8. The molecular weight excluding hydrogens is 388 g/mol. The van der Waals surface area contributed by atoms with Gasteiger partial charge in [0.2, 0.25) is 5.82 Å². The fourth-order valence-electron chi connectivity index (χ4n) is 3.16. The number of aryl methyl sites for hydroxylation is 1. The normalized spacial score (nSPS) is 11.1. The largest absolute Gasteiger partial charge is 0.489 e. The second-order valence-corrected chi connectivity index (χ2v) is 7.79. The van der Waals surface area contributed by atoms with E-state index in [0.717, 1.165) is 29.5 Å². The van der Waals surface area contributed by atoms with E-state index in [4.69, 9.17) is 20.9 Å². The van der Waals surface area contributed by atoms with Crippen LogP contribution in [-0.4, -0.2) is 22.0 Å². The molecule has 3 rings (SSSR count). The minimum Gasteiger partial charge on any atom is -0.489 e. The molecule has 0 aliphatic rings. The molecule has 0 radical (unpaired) electrons. The van der Waals surface area contributed by atoms with Crippen LogP contribution >= 0.6 is 11.6 Å². The van der Waals surface area contributed by atoms with Gasteiger partial charge < -0.3 is 14.1 Å². The number of ketones is 1. The Kier molecular flexibility index (Phi) is 6.70. The van der Waals surface area contributed by atoms with Crippen molar-refractivity contribution < 1.29 is 14.1 Å². The molecule has 6 heteroatoms. The average molecular weight is 413 g/mol. The Bertz CT molecular complexity index is 1010. The molecule has 0 aliphatic carbocycles. The lowest BCUT2D eigenvalue weighted by Crippen LogP contribution is -2.05. The summed E-state index contributed by atoms with van der Waals surface area (Å²) in [5, 5.41) is 4.66. The monoisotopic (exact) mass is 412 g/mol. The Hall–Kier alpha value is -2.66. The summed E-state index contributed by atoms with van der Waals surface area (Å²) in [6.07, 6.45) is 2.31. The van der Waals surface area contributed by atoms with E-state index in [2.05, 4.69) is 16.2 Å². The first-order valence-electron chi connectivity index (χ1n) is 9.73. The van der Waals surface area contributed by atoms with Crippen LogP contribution in [-0.2, 0) is 11.2 Å². The Morgan fingerprint density at radius 2 is 2.03 bits per heavy atom. The Morgan fingerprint density at radius 1 is 1.24 bits per heavy atom. The number of Topliss-reactive ketones (excluding diaryl/α,β-unsaturated/α-hetero) is 1. The van der Waals surface area contributed by atoms with Crippen molar-refractivity contribution in [1.29, 1.82) is 0 Å². The molecule has 0 fully saturated rings. The zero-order valence-corrected chi connectivity index (χ0v) is 17.9. The van der Waals surface area contributed by atoms with E-state index in [1.165, 1.54) is 5.56 Å². The van der Waals surface area contributed by atoms with Crippen LogP contribution in [0.1, 0.15) is 44.7 Å². The van der Waals surface area contributed by atoms with Crippen molar-refractivity contribution >= 4 is 17.4 Å². The molecule has 0 saturated carbocycles. The van der Waals surface area contributed by atoms with E-state index < -0.39 is 0 Å². The smallest absolute Gasteiger partial charge is 0.258 e. The van der Waals surface area contributed by atoms with Crippen molar-refractivity contribution in [2.45, 2.75) is 53.1 Å². The van der Waals surface area contributed by atoms with Gasteiger partial charge in [-0.1, -0.05) is 35.0 Å². The number of aromatic nitrogens is 2. The van der Waals surface area contributed by atoms with Crippen molar-refractivity contribution in [2.75, 3.05) is 0 Å². The summed E-state index contributed by atoms with van der Waals surface area (Å²) in [6.45, 7) is 7.57. The quantitative estimate of drug-likeness (QED) is 0.449. The molecule has 29 heavy (non-hydrogen) atoms. The van der Waals surface area contributed by atoms with Gasteiger partial charge in [0.05, 0.1) is 11.1 Å². The van der Waals surface area contributed by atoms with Crippen LogP contribution in [0.25, 0.3) is 22.8 Å². The molecule has 1 heterocycles. The fraction of sp³-hybridized carbons (Fsp3) is 0.348. The first-order chi connectivity index (χ1) is 13.8. The molecule has 0 amide bonds. The first-order valence-corrected chi connectivity index (χ1v) is 10.1. The van der Waals surface area contributed by atoms with Crippen molar-refractivity contribution in [3.8, 4) is 28.6 Å². The van der Waals surface area contributed by atoms with Gasteiger partial charge in [0.15, 0.2) is 0 Å². The third-order valence-corrected chi connectivity index (χ3v) is 4.92. The summed E-state index contributed by atoms with van der Waals surface area (Å²) in [4.78, 5) is 15.8. The predicted molar refractivity (Wildman–Crippen MR) is 114 cm³/mol. The maximum Gasteiger partial charge on any atom is 0.258 e. The third-order valence-electron chi connectivity index (χ3n) is 4.63. The third kappa shape index (κ3) is 5.24. The van der Waals surface area contributed by atoms with Crippen molar-refractivity contribution in [3.63, 3.8) is 0 Å². The van der Waals surface area contributed by atoms with E-state index in [9.17, 15) is 4.79 Å². The van der Waals surface area contributed by atoms with Crippen LogP contribution in [0.5, 0.6) is 5.75 Å². The van der Waals surface area contributed by atoms with E-state index >= 15 is 0 Å². The fourth-order valence-corrected chi connectivity index (χ4v) is 3.38. The summed E-state index contributed by atoms with van der Waals surface area (Å²) < 4.78 is 11.1. The number of benzene rings is 2. The molecule has 152 valence electrons. The van der Waals surface area contributed by atoms with Gasteiger partial charge in [-0.05, 0) is 69.9 Å². The number of hydrogen-bond acceptors (Lipinski definition) is 5. The van der Waals surface area contributed by atoms with Gasteiger partial charge in [0, 0.05) is 17.5 Å². The van der Waals surface area contributed by atoms with Gasteiger partial charge in [0.1, 0.15) is 11.5 Å². The molecule has 3 aromatic rings. The average Bonchev–Trinajstić information content (AvgIpc) is 3.14. The maximum absolute atomic E-state index is 11.2. The summed E-state index contributed by atoms with van der Waals surface area (Å²) >= 11 is 6.33. The van der Waals surface area contributed by atoms with Crippen molar-refractivity contribution in [2.24, 2.45) is 0 Å². The van der Waals surface area contributed by atoms with Crippen molar-refractivity contribution in [1.82, 2.24) is 10.1 Å². The summed E-state index contributed by atoms with van der Waals surface area (Å²) in [5.74, 6) is 1.77. The molecule has 0 aliphatic heterocycles. The lowest BCUT2D eigenvalue weighted by atomic mass is 9.97. The molecule has 0 atom stereocenters. The number of carbonyl (C=O) groups excluding carboxylic acids is 1. The highest BCUT2D eigenvalue weighted by molar-refractivity contribution is 6.32. The van der Waals surface area contributed by atoms with Gasteiger partial charge in [-0.25, -0.2) is 0 Å². The van der Waals surface area contributed by atoms with Gasteiger partial charge in [0.25, 0.3) is 5.89 Å². The van der Waals surface area contributed by atoms with Crippen LogP contribution in [0.4, 0.5) is 0 Å². The van der Waals surface area contributed by atoms with Gasteiger partial charge in [-0.3, -0.25) is 0 Å². The predicted octanol–water partition coefficient (Wildman–Crippen LogP) is 6.06. The summed E-state index contributed by atoms with van der Waals surface area (Å²) in [5.41, 5.74) is 3.95. The van der Waals surface area contributed by atoms with E-state index in [1.54, 1.807) is 13.0 Å². The lowest BCUT2D eigenvalue weighted by Gasteiger charge is -2.11. The molecule has 0 saturated heterocycles. The Morgan fingerprint density at radius 3 is 2.72 bits per heavy atom. The zero-order valence-electron chi connectivity index (χ0n) is 17.2. The highest BCUT2D eigenvalue weighted by atomic mass is 35.5. The lowest BCUT2D eigenvalue weighted by molar-refractivity contribution is -0.117. The number of halogens is 1. The molecule has 1 aromatic heterocycles. The Balaban J connectivity index is 1.83. The second-order valence-electron chi connectivity index (χ2n) is 7.38. The highest BCUT2D eigenvalue weighted by Gasteiger charge is 2.15. The number of hydrogen-bond donors (Lipinski definition) is 0. The standard InChI is InChI=1S/C23H25ClN2O3/c1-14(2)28-21-12-11-18(13-20(21)24)23-25-22(26-29-23)19-10-6-9-17(16(19)4)8-5-7-15(3)27/h6,9-14H,5,7-8H2,1-4H3. The minimum atomic E-state index is 0.0408. The second kappa shape index (κ2) is 9.23. The van der Waals surface area contributed by atoms with Gasteiger partial charge >= 0.3 is 0 Å². The maximum atomic E-state index is 11.2. The van der Waals surface area contributed by atoms with Crippen LogP contribution in [0.2, 0.25) is 5.02 Å². The van der Waals surface area contributed by atoms with Crippen LogP contribution in [0.3, 0.4) is 0 Å². The molecule has 0 unspecified atom stereocenters. The molecule has 0 N–H and O–H groups in total. The molecular formula is C23H25ClN2O3. The Labute approximate surface area is 176 Å².